The van der Waals surface area contributed by atoms with Crippen molar-refractivity contribution in [2.75, 3.05) is 0 Å². The van der Waals surface area contributed by atoms with Crippen molar-refractivity contribution in [3.8, 4) is 0 Å². The summed E-state index contributed by atoms with van der Waals surface area (Å²) in [6.45, 7) is 8.41. The standard InChI is InChI=1S/C17H22N2O/c1-12-18-10-9-15(19-12)16(20)11-13-5-7-14(8-6-13)17(2,3)4/h5-10,16,20H,11H2,1-4H3. The van der Waals surface area contributed by atoms with Crippen LogP contribution in [0.25, 0.3) is 0 Å². The van der Waals surface area contributed by atoms with Gasteiger partial charge in [-0.1, -0.05) is 45.0 Å². The van der Waals surface area contributed by atoms with E-state index in [0.717, 1.165) is 5.56 Å². The first-order valence-electron chi connectivity index (χ1n) is 6.93. The predicted octanol–water partition coefficient (Wildman–Crippen LogP) is 3.36. The van der Waals surface area contributed by atoms with Crippen LogP contribution in [0.15, 0.2) is 36.5 Å². The molecular weight excluding hydrogens is 248 g/mol. The number of benzene rings is 1. The van der Waals surface area contributed by atoms with Gasteiger partial charge in [0, 0.05) is 12.6 Å². The number of hydrogen-bond donors (Lipinski definition) is 1. The number of aliphatic hydroxyl groups excluding tert-OH is 1. The number of hydrogen-bond acceptors (Lipinski definition) is 3. The number of aryl methyl sites for hydroxylation is 1. The number of nitrogens with zero attached hydrogens (tertiary/aromatic N) is 2. The van der Waals surface area contributed by atoms with Gasteiger partial charge < -0.3 is 5.11 Å². The molecule has 3 nitrogen and oxygen atoms in total. The minimum absolute atomic E-state index is 0.154. The van der Waals surface area contributed by atoms with Gasteiger partial charge in [0.2, 0.25) is 0 Å². The zero-order chi connectivity index (χ0) is 14.8. The van der Waals surface area contributed by atoms with Crippen LogP contribution in [-0.2, 0) is 11.8 Å². The summed E-state index contributed by atoms with van der Waals surface area (Å²) >= 11 is 0. The van der Waals surface area contributed by atoms with E-state index in [4.69, 9.17) is 0 Å². The maximum absolute atomic E-state index is 10.2. The molecule has 0 aliphatic rings. The van der Waals surface area contributed by atoms with Crippen LogP contribution in [0.5, 0.6) is 0 Å². The van der Waals surface area contributed by atoms with Crippen molar-refractivity contribution in [3.05, 3.63) is 59.2 Å². The molecule has 0 aliphatic carbocycles. The average molecular weight is 270 g/mol. The highest BCUT2D eigenvalue weighted by molar-refractivity contribution is 5.28. The van der Waals surface area contributed by atoms with E-state index >= 15 is 0 Å². The van der Waals surface area contributed by atoms with Crippen LogP contribution >= 0.6 is 0 Å². The Morgan fingerprint density at radius 1 is 1.10 bits per heavy atom. The van der Waals surface area contributed by atoms with Crippen LogP contribution in [0.2, 0.25) is 0 Å². The number of aliphatic hydroxyl groups is 1. The third kappa shape index (κ3) is 3.64. The lowest BCUT2D eigenvalue weighted by Crippen LogP contribution is -2.11. The third-order valence-electron chi connectivity index (χ3n) is 3.39. The number of rotatable bonds is 3. The van der Waals surface area contributed by atoms with Crippen molar-refractivity contribution >= 4 is 0 Å². The second kappa shape index (κ2) is 5.71. The van der Waals surface area contributed by atoms with Gasteiger partial charge in [-0.25, -0.2) is 9.97 Å². The quantitative estimate of drug-likeness (QED) is 0.930. The summed E-state index contributed by atoms with van der Waals surface area (Å²) in [4.78, 5) is 8.31. The van der Waals surface area contributed by atoms with Gasteiger partial charge in [-0.05, 0) is 29.5 Å². The summed E-state index contributed by atoms with van der Waals surface area (Å²) in [6, 6.07) is 10.2. The van der Waals surface area contributed by atoms with E-state index < -0.39 is 6.10 Å². The SMILES string of the molecule is Cc1nccc(C(O)Cc2ccc(C(C)(C)C)cc2)n1. The Kier molecular flexibility index (Phi) is 4.19. The average Bonchev–Trinajstić information content (AvgIpc) is 2.38. The summed E-state index contributed by atoms with van der Waals surface area (Å²) < 4.78 is 0. The predicted molar refractivity (Wildman–Crippen MR) is 80.6 cm³/mol. The fourth-order valence-electron chi connectivity index (χ4n) is 2.13. The minimum atomic E-state index is -0.586. The van der Waals surface area contributed by atoms with Crippen molar-refractivity contribution in [2.45, 2.75) is 45.6 Å². The lowest BCUT2D eigenvalue weighted by molar-refractivity contribution is 0.173. The largest absolute Gasteiger partial charge is 0.386 e. The maximum atomic E-state index is 10.2. The molecule has 0 aliphatic heterocycles. The molecule has 1 heterocycles. The van der Waals surface area contributed by atoms with Crippen LogP contribution in [0, 0.1) is 6.92 Å². The molecule has 2 aromatic rings. The van der Waals surface area contributed by atoms with Crippen molar-refractivity contribution < 1.29 is 5.11 Å². The smallest absolute Gasteiger partial charge is 0.125 e. The summed E-state index contributed by atoms with van der Waals surface area (Å²) in [5.74, 6) is 0.685. The van der Waals surface area contributed by atoms with E-state index in [1.54, 1.807) is 12.3 Å². The molecule has 0 fully saturated rings. The van der Waals surface area contributed by atoms with Crippen molar-refractivity contribution in [1.29, 1.82) is 0 Å². The Hall–Kier alpha value is -1.74. The zero-order valence-electron chi connectivity index (χ0n) is 12.6. The lowest BCUT2D eigenvalue weighted by Gasteiger charge is -2.19. The van der Waals surface area contributed by atoms with Gasteiger partial charge in [0.25, 0.3) is 0 Å². The van der Waals surface area contributed by atoms with Gasteiger partial charge >= 0.3 is 0 Å². The van der Waals surface area contributed by atoms with Gasteiger partial charge in [-0.15, -0.1) is 0 Å². The van der Waals surface area contributed by atoms with Gasteiger partial charge in [0.15, 0.2) is 0 Å². The van der Waals surface area contributed by atoms with E-state index in [1.807, 2.05) is 6.92 Å². The minimum Gasteiger partial charge on any atom is -0.386 e. The Morgan fingerprint density at radius 2 is 1.75 bits per heavy atom. The van der Waals surface area contributed by atoms with Crippen LogP contribution in [0.4, 0.5) is 0 Å². The maximum Gasteiger partial charge on any atom is 0.125 e. The molecule has 0 bridgehead atoms. The molecule has 0 saturated heterocycles. The van der Waals surface area contributed by atoms with Crippen molar-refractivity contribution in [2.24, 2.45) is 0 Å². The molecule has 106 valence electrons. The number of aromatic nitrogens is 2. The van der Waals surface area contributed by atoms with E-state index in [9.17, 15) is 5.11 Å². The Bertz CT molecular complexity index is 570. The second-order valence-electron chi connectivity index (χ2n) is 6.20. The monoisotopic (exact) mass is 270 g/mol. The zero-order valence-corrected chi connectivity index (χ0v) is 12.6. The summed E-state index contributed by atoms with van der Waals surface area (Å²) in [5.41, 5.74) is 3.24. The first kappa shape index (κ1) is 14.7. The molecular formula is C17H22N2O. The molecule has 0 amide bonds. The van der Waals surface area contributed by atoms with Crippen LogP contribution in [-0.4, -0.2) is 15.1 Å². The normalized spacial score (nSPS) is 13.2. The van der Waals surface area contributed by atoms with Crippen LogP contribution in [0.3, 0.4) is 0 Å². The molecule has 20 heavy (non-hydrogen) atoms. The van der Waals surface area contributed by atoms with Crippen LogP contribution < -0.4 is 0 Å². The molecule has 1 atom stereocenters. The summed E-state index contributed by atoms with van der Waals surface area (Å²) in [6.07, 6.45) is 1.67. The Morgan fingerprint density at radius 3 is 2.30 bits per heavy atom. The van der Waals surface area contributed by atoms with E-state index in [-0.39, 0.29) is 5.41 Å². The lowest BCUT2D eigenvalue weighted by atomic mass is 9.86. The van der Waals surface area contributed by atoms with Crippen molar-refractivity contribution in [3.63, 3.8) is 0 Å². The van der Waals surface area contributed by atoms with E-state index in [2.05, 4.69) is 55.0 Å². The molecule has 0 radical (unpaired) electrons. The van der Waals surface area contributed by atoms with E-state index in [0.29, 0.717) is 17.9 Å². The van der Waals surface area contributed by atoms with Crippen molar-refractivity contribution in [1.82, 2.24) is 9.97 Å². The Balaban J connectivity index is 2.10. The summed E-state index contributed by atoms with van der Waals surface area (Å²) in [5, 5.41) is 10.2. The first-order chi connectivity index (χ1) is 9.36. The molecule has 1 unspecified atom stereocenters. The van der Waals surface area contributed by atoms with Crippen LogP contribution in [0.1, 0.15) is 49.5 Å². The van der Waals surface area contributed by atoms with Gasteiger partial charge in [-0.2, -0.15) is 0 Å². The highest BCUT2D eigenvalue weighted by atomic mass is 16.3. The van der Waals surface area contributed by atoms with Gasteiger partial charge in [-0.3, -0.25) is 0 Å². The van der Waals surface area contributed by atoms with Gasteiger partial charge in [0.05, 0.1) is 5.69 Å². The van der Waals surface area contributed by atoms with E-state index in [1.165, 1.54) is 5.56 Å². The Labute approximate surface area is 120 Å². The molecule has 1 aromatic carbocycles. The molecule has 0 spiro atoms. The molecule has 2 rings (SSSR count). The molecule has 3 heteroatoms. The molecule has 1 N–H and O–H groups in total. The topological polar surface area (TPSA) is 46.0 Å². The summed E-state index contributed by atoms with van der Waals surface area (Å²) in [7, 11) is 0. The highest BCUT2D eigenvalue weighted by Gasteiger charge is 2.14. The fraction of sp³-hybridized carbons (Fsp3) is 0.412. The fourth-order valence-corrected chi connectivity index (χ4v) is 2.13. The first-order valence-corrected chi connectivity index (χ1v) is 6.93. The van der Waals surface area contributed by atoms with Gasteiger partial charge in [0.1, 0.15) is 11.9 Å². The second-order valence-corrected chi connectivity index (χ2v) is 6.20. The molecule has 0 saturated carbocycles. The highest BCUT2D eigenvalue weighted by Crippen LogP contribution is 2.23. The third-order valence-corrected chi connectivity index (χ3v) is 3.39. The molecule has 1 aromatic heterocycles.